The molecule has 102 valence electrons. The van der Waals surface area contributed by atoms with Gasteiger partial charge in [-0.3, -0.25) is 0 Å². The number of nitrogens with zero attached hydrogens (tertiary/aromatic N) is 2. The van der Waals surface area contributed by atoms with Crippen LogP contribution in [0, 0.1) is 0 Å². The number of rotatable bonds is 4. The van der Waals surface area contributed by atoms with E-state index in [0.717, 1.165) is 16.2 Å². The summed E-state index contributed by atoms with van der Waals surface area (Å²) in [6.45, 7) is 10.5. The Morgan fingerprint density at radius 3 is 2.33 bits per heavy atom. The van der Waals surface area contributed by atoms with Crippen LogP contribution in [0.3, 0.4) is 0 Å². The fraction of sp³-hybridized carbons (Fsp3) is 0.692. The summed E-state index contributed by atoms with van der Waals surface area (Å²) in [7, 11) is 0. The molecule has 18 heavy (non-hydrogen) atoms. The highest BCUT2D eigenvalue weighted by Gasteiger charge is 2.21. The van der Waals surface area contributed by atoms with E-state index < -0.39 is 0 Å². The van der Waals surface area contributed by atoms with Gasteiger partial charge in [0.2, 0.25) is 0 Å². The predicted octanol–water partition coefficient (Wildman–Crippen LogP) is 3.11. The van der Waals surface area contributed by atoms with E-state index in [-0.39, 0.29) is 17.6 Å². The van der Waals surface area contributed by atoms with E-state index in [4.69, 9.17) is 5.11 Å². The number of aliphatic hydroxyl groups is 1. The van der Waals surface area contributed by atoms with Crippen molar-refractivity contribution >= 4 is 21.7 Å². The van der Waals surface area contributed by atoms with Crippen molar-refractivity contribution in [3.8, 4) is 0 Å². The average Bonchev–Trinajstić information content (AvgIpc) is 2.13. The Balaban J connectivity index is 3.00. The number of nitrogens with one attached hydrogen (secondary N) is 1. The second-order valence-corrected chi connectivity index (χ2v) is 6.94. The van der Waals surface area contributed by atoms with Gasteiger partial charge in [-0.1, -0.05) is 20.8 Å². The third-order valence-corrected chi connectivity index (χ3v) is 2.98. The van der Waals surface area contributed by atoms with E-state index in [2.05, 4.69) is 52.0 Å². The van der Waals surface area contributed by atoms with Gasteiger partial charge < -0.3 is 10.4 Å². The summed E-state index contributed by atoms with van der Waals surface area (Å²) in [4.78, 5) is 8.94. The van der Waals surface area contributed by atoms with Crippen LogP contribution in [0.25, 0.3) is 0 Å². The Labute approximate surface area is 117 Å². The molecule has 0 aliphatic carbocycles. The summed E-state index contributed by atoms with van der Waals surface area (Å²) in [5, 5.41) is 12.4. The van der Waals surface area contributed by atoms with Crippen molar-refractivity contribution in [3.63, 3.8) is 0 Å². The van der Waals surface area contributed by atoms with Crippen molar-refractivity contribution in [1.82, 2.24) is 9.97 Å². The lowest BCUT2D eigenvalue weighted by molar-refractivity contribution is 0.260. The maximum atomic E-state index is 9.04. The van der Waals surface area contributed by atoms with Gasteiger partial charge in [0.05, 0.1) is 0 Å². The Kier molecular flexibility index (Phi) is 4.72. The number of aliphatic hydroxyl groups excluding tert-OH is 1. The van der Waals surface area contributed by atoms with Crippen LogP contribution in [-0.4, -0.2) is 27.2 Å². The topological polar surface area (TPSA) is 58.0 Å². The van der Waals surface area contributed by atoms with Gasteiger partial charge in [-0.15, -0.1) is 0 Å². The molecule has 0 fully saturated rings. The van der Waals surface area contributed by atoms with Crippen molar-refractivity contribution in [3.05, 3.63) is 16.5 Å². The minimum Gasteiger partial charge on any atom is -0.396 e. The maximum Gasteiger partial charge on any atom is 0.137 e. The highest BCUT2D eigenvalue weighted by Crippen LogP contribution is 2.24. The first kappa shape index (κ1) is 15.4. The molecule has 4 nitrogen and oxygen atoms in total. The van der Waals surface area contributed by atoms with Crippen LogP contribution in [0.2, 0.25) is 0 Å². The molecular weight excluding hydrogens is 294 g/mol. The third-order valence-electron chi connectivity index (χ3n) is 2.57. The monoisotopic (exact) mass is 315 g/mol. The molecule has 0 bridgehead atoms. The number of aromatic nitrogens is 2. The van der Waals surface area contributed by atoms with Crippen LogP contribution in [0.4, 0.5) is 5.82 Å². The van der Waals surface area contributed by atoms with Crippen molar-refractivity contribution in [2.75, 3.05) is 11.9 Å². The lowest BCUT2D eigenvalue weighted by atomic mass is 9.95. The SMILES string of the molecule is CC(C)(CCO)Nc1cc(Br)nc(C(C)(C)C)n1. The van der Waals surface area contributed by atoms with Gasteiger partial charge in [-0.2, -0.15) is 0 Å². The smallest absolute Gasteiger partial charge is 0.137 e. The Morgan fingerprint density at radius 1 is 1.22 bits per heavy atom. The predicted molar refractivity (Wildman–Crippen MR) is 77.8 cm³/mol. The van der Waals surface area contributed by atoms with E-state index in [9.17, 15) is 0 Å². The molecule has 5 heteroatoms. The number of hydrogen-bond acceptors (Lipinski definition) is 4. The van der Waals surface area contributed by atoms with Gasteiger partial charge in [0, 0.05) is 23.6 Å². The molecule has 1 heterocycles. The molecule has 0 aromatic carbocycles. The zero-order chi connectivity index (χ0) is 14.0. The molecule has 0 saturated heterocycles. The summed E-state index contributed by atoms with van der Waals surface area (Å²) in [5.41, 5.74) is -0.293. The Morgan fingerprint density at radius 2 is 1.83 bits per heavy atom. The normalized spacial score (nSPS) is 12.6. The van der Waals surface area contributed by atoms with E-state index >= 15 is 0 Å². The van der Waals surface area contributed by atoms with Crippen LogP contribution in [0.15, 0.2) is 10.7 Å². The highest BCUT2D eigenvalue weighted by atomic mass is 79.9. The molecule has 1 aromatic rings. The minimum absolute atomic E-state index is 0.0959. The van der Waals surface area contributed by atoms with Gasteiger partial charge in [0.25, 0.3) is 0 Å². The van der Waals surface area contributed by atoms with Crippen LogP contribution in [-0.2, 0) is 5.41 Å². The lowest BCUT2D eigenvalue weighted by Crippen LogP contribution is -2.33. The fourth-order valence-corrected chi connectivity index (χ4v) is 1.89. The van der Waals surface area contributed by atoms with Crippen LogP contribution >= 0.6 is 15.9 Å². The van der Waals surface area contributed by atoms with Crippen molar-refractivity contribution in [2.24, 2.45) is 0 Å². The van der Waals surface area contributed by atoms with Gasteiger partial charge in [-0.05, 0) is 36.2 Å². The van der Waals surface area contributed by atoms with Crippen LogP contribution in [0.5, 0.6) is 0 Å². The minimum atomic E-state index is -0.197. The molecule has 0 saturated carbocycles. The van der Waals surface area contributed by atoms with Crippen LogP contribution < -0.4 is 5.32 Å². The summed E-state index contributed by atoms with van der Waals surface area (Å²) < 4.78 is 0.768. The third kappa shape index (κ3) is 4.53. The molecule has 0 atom stereocenters. The maximum absolute atomic E-state index is 9.04. The van der Waals surface area contributed by atoms with E-state index in [1.165, 1.54) is 0 Å². The molecular formula is C13H22BrN3O. The van der Waals surface area contributed by atoms with E-state index in [0.29, 0.717) is 6.42 Å². The fourth-order valence-electron chi connectivity index (χ4n) is 1.51. The summed E-state index contributed by atoms with van der Waals surface area (Å²) in [6.07, 6.45) is 0.666. The number of hydrogen-bond donors (Lipinski definition) is 2. The number of halogens is 1. The summed E-state index contributed by atoms with van der Waals surface area (Å²) in [6, 6.07) is 1.86. The zero-order valence-electron chi connectivity index (χ0n) is 11.7. The average molecular weight is 316 g/mol. The van der Waals surface area contributed by atoms with Gasteiger partial charge >= 0.3 is 0 Å². The highest BCUT2D eigenvalue weighted by molar-refractivity contribution is 9.10. The molecule has 1 aromatic heterocycles. The molecule has 2 N–H and O–H groups in total. The van der Waals surface area contributed by atoms with Crippen molar-refractivity contribution in [1.29, 1.82) is 0 Å². The number of anilines is 1. The standard InChI is InChI=1S/C13H22BrN3O/c1-12(2,3)11-15-9(14)8-10(16-11)17-13(4,5)6-7-18/h8,18H,6-7H2,1-5H3,(H,15,16,17). The second-order valence-electron chi connectivity index (χ2n) is 6.13. The zero-order valence-corrected chi connectivity index (χ0v) is 13.3. The largest absolute Gasteiger partial charge is 0.396 e. The molecule has 0 radical (unpaired) electrons. The Hall–Kier alpha value is -0.680. The van der Waals surface area contributed by atoms with Gasteiger partial charge in [0.1, 0.15) is 16.2 Å². The first-order valence-electron chi connectivity index (χ1n) is 6.08. The van der Waals surface area contributed by atoms with Gasteiger partial charge in [0.15, 0.2) is 0 Å². The molecule has 0 aliphatic heterocycles. The van der Waals surface area contributed by atoms with Crippen molar-refractivity contribution < 1.29 is 5.11 Å². The Bertz CT molecular complexity index is 413. The molecule has 0 unspecified atom stereocenters. The lowest BCUT2D eigenvalue weighted by Gasteiger charge is -2.27. The van der Waals surface area contributed by atoms with E-state index in [1.807, 2.05) is 19.9 Å². The quantitative estimate of drug-likeness (QED) is 0.838. The summed E-state index contributed by atoms with van der Waals surface area (Å²) in [5.74, 6) is 1.57. The van der Waals surface area contributed by atoms with Crippen LogP contribution in [0.1, 0.15) is 46.9 Å². The molecule has 1 rings (SSSR count). The second kappa shape index (κ2) is 5.53. The molecule has 0 amide bonds. The van der Waals surface area contributed by atoms with E-state index in [1.54, 1.807) is 0 Å². The first-order chi connectivity index (χ1) is 8.14. The van der Waals surface area contributed by atoms with Gasteiger partial charge in [-0.25, -0.2) is 9.97 Å². The van der Waals surface area contributed by atoms with Crippen molar-refractivity contribution in [2.45, 2.75) is 52.0 Å². The summed E-state index contributed by atoms with van der Waals surface area (Å²) >= 11 is 3.41. The molecule has 0 aliphatic rings. The molecule has 0 spiro atoms. The first-order valence-corrected chi connectivity index (χ1v) is 6.87.